The van der Waals surface area contributed by atoms with Gasteiger partial charge in [0.25, 0.3) is 0 Å². The number of ether oxygens (including phenoxy) is 2. The van der Waals surface area contributed by atoms with Gasteiger partial charge in [-0.25, -0.2) is 9.37 Å². The SMILES string of the molecule is [2H]c1[nH]c2ncc(Br)cc2c1C(OC)c1c(OC(F)F)ccc(F)c1Cl. The summed E-state index contributed by atoms with van der Waals surface area (Å²) in [7, 11) is 1.29. The van der Waals surface area contributed by atoms with Crippen molar-refractivity contribution in [1.29, 1.82) is 0 Å². The number of methoxy groups -OCH3 is 1. The van der Waals surface area contributed by atoms with E-state index in [1.54, 1.807) is 6.07 Å². The third-order valence-electron chi connectivity index (χ3n) is 3.53. The van der Waals surface area contributed by atoms with Gasteiger partial charge in [-0.15, -0.1) is 0 Å². The lowest BCUT2D eigenvalue weighted by Gasteiger charge is -2.20. The Kier molecular flexibility index (Phi) is 4.82. The van der Waals surface area contributed by atoms with E-state index in [9.17, 15) is 13.2 Å². The molecule has 0 radical (unpaired) electrons. The summed E-state index contributed by atoms with van der Waals surface area (Å²) >= 11 is 9.32. The lowest BCUT2D eigenvalue weighted by atomic mass is 10.00. The number of fused-ring (bicyclic) bond motifs is 1. The second kappa shape index (κ2) is 7.23. The van der Waals surface area contributed by atoms with Crippen molar-refractivity contribution in [2.45, 2.75) is 12.7 Å². The van der Waals surface area contributed by atoms with Gasteiger partial charge in [-0.1, -0.05) is 11.6 Å². The number of nitrogens with zero attached hydrogens (tertiary/aromatic N) is 1. The Balaban J connectivity index is 2.27. The first-order chi connectivity index (χ1) is 12.3. The lowest BCUT2D eigenvalue weighted by Crippen LogP contribution is -2.11. The highest BCUT2D eigenvalue weighted by Gasteiger charge is 2.27. The fourth-order valence-corrected chi connectivity index (χ4v) is 3.10. The summed E-state index contributed by atoms with van der Waals surface area (Å²) in [5.74, 6) is -1.16. The molecule has 9 heteroatoms. The molecule has 0 saturated carbocycles. The molecule has 0 fully saturated rings. The standard InChI is InChI=1S/C16H11BrClF3N2O2/c1-24-14(9-6-23-15-8(9)4-7(17)5-22-15)12-11(25-16(20)21)3-2-10(19)13(12)18/h2-6,14,16H,1H3,(H,22,23)/i6D. The fourth-order valence-electron chi connectivity index (χ4n) is 2.52. The van der Waals surface area contributed by atoms with E-state index in [0.717, 1.165) is 12.1 Å². The minimum Gasteiger partial charge on any atom is -0.434 e. The number of alkyl halides is 2. The maximum Gasteiger partial charge on any atom is 0.387 e. The van der Waals surface area contributed by atoms with Gasteiger partial charge in [-0.2, -0.15) is 8.78 Å². The Hall–Kier alpha value is -1.77. The number of halogens is 5. The predicted molar refractivity (Wildman–Crippen MR) is 90.7 cm³/mol. The van der Waals surface area contributed by atoms with Gasteiger partial charge in [0, 0.05) is 40.5 Å². The molecule has 2 aromatic heterocycles. The molecule has 4 nitrogen and oxygen atoms in total. The Morgan fingerprint density at radius 3 is 2.84 bits per heavy atom. The van der Waals surface area contributed by atoms with Crippen LogP contribution in [0.3, 0.4) is 0 Å². The highest BCUT2D eigenvalue weighted by atomic mass is 79.9. The van der Waals surface area contributed by atoms with Gasteiger partial charge in [-0.05, 0) is 34.1 Å². The molecule has 0 saturated heterocycles. The zero-order valence-electron chi connectivity index (χ0n) is 13.6. The van der Waals surface area contributed by atoms with Crippen molar-refractivity contribution in [3.63, 3.8) is 0 Å². The Labute approximate surface area is 155 Å². The minimum atomic E-state index is -3.14. The summed E-state index contributed by atoms with van der Waals surface area (Å²) in [5.41, 5.74) is 0.519. The molecule has 0 aliphatic rings. The molecule has 3 rings (SSSR count). The number of aromatic nitrogens is 2. The largest absolute Gasteiger partial charge is 0.434 e. The normalized spacial score (nSPS) is 13.3. The van der Waals surface area contributed by atoms with Gasteiger partial charge in [0.2, 0.25) is 0 Å². The molecular weight excluding hydrogens is 425 g/mol. The topological polar surface area (TPSA) is 47.1 Å². The van der Waals surface area contributed by atoms with Gasteiger partial charge >= 0.3 is 6.61 Å². The lowest BCUT2D eigenvalue weighted by molar-refractivity contribution is -0.0516. The number of hydrogen-bond donors (Lipinski definition) is 1. The van der Waals surface area contributed by atoms with Crippen LogP contribution in [0, 0.1) is 5.82 Å². The van der Waals surface area contributed by atoms with Crippen molar-refractivity contribution in [2.75, 3.05) is 7.11 Å². The van der Waals surface area contributed by atoms with Crippen LogP contribution in [0.1, 0.15) is 18.6 Å². The third kappa shape index (κ3) is 3.47. The van der Waals surface area contributed by atoms with E-state index in [2.05, 4.69) is 30.6 Å². The van der Waals surface area contributed by atoms with E-state index < -0.39 is 23.6 Å². The van der Waals surface area contributed by atoms with Crippen molar-refractivity contribution in [3.8, 4) is 5.75 Å². The third-order valence-corrected chi connectivity index (χ3v) is 4.35. The van der Waals surface area contributed by atoms with Crippen molar-refractivity contribution in [2.24, 2.45) is 0 Å². The maximum atomic E-state index is 14.0. The molecule has 1 N–H and O–H groups in total. The molecule has 1 aromatic carbocycles. The summed E-state index contributed by atoms with van der Waals surface area (Å²) in [4.78, 5) is 6.91. The molecule has 0 aliphatic carbocycles. The first kappa shape index (κ1) is 16.7. The number of hydrogen-bond acceptors (Lipinski definition) is 3. The van der Waals surface area contributed by atoms with Crippen LogP contribution in [-0.4, -0.2) is 23.7 Å². The van der Waals surface area contributed by atoms with Gasteiger partial charge in [0.05, 0.1) is 6.39 Å². The molecule has 25 heavy (non-hydrogen) atoms. The van der Waals surface area contributed by atoms with Crippen molar-refractivity contribution < 1.29 is 24.0 Å². The van der Waals surface area contributed by atoms with Crippen molar-refractivity contribution in [3.05, 3.63) is 57.0 Å². The van der Waals surface area contributed by atoms with Crippen LogP contribution < -0.4 is 4.74 Å². The molecule has 0 bridgehead atoms. The molecule has 0 amide bonds. The van der Waals surface area contributed by atoms with Gasteiger partial charge < -0.3 is 14.5 Å². The first-order valence-electron chi connectivity index (χ1n) is 7.42. The zero-order valence-corrected chi connectivity index (χ0v) is 15.0. The highest BCUT2D eigenvalue weighted by Crippen LogP contribution is 2.41. The fraction of sp³-hybridized carbons (Fsp3) is 0.188. The summed E-state index contributed by atoms with van der Waals surface area (Å²) in [5, 5.41) is 0.0752. The average Bonchev–Trinajstić information content (AvgIpc) is 2.89. The average molecular weight is 437 g/mol. The van der Waals surface area contributed by atoms with E-state index in [1.807, 2.05) is 0 Å². The molecule has 1 unspecified atom stereocenters. The Morgan fingerprint density at radius 1 is 1.40 bits per heavy atom. The van der Waals surface area contributed by atoms with E-state index in [4.69, 9.17) is 17.7 Å². The molecule has 0 aliphatic heterocycles. The molecule has 1 atom stereocenters. The summed E-state index contributed by atoms with van der Waals surface area (Å²) in [6.45, 7) is -3.14. The van der Waals surface area contributed by atoms with Gasteiger partial charge in [0.1, 0.15) is 23.3 Å². The Morgan fingerprint density at radius 2 is 2.16 bits per heavy atom. The van der Waals surface area contributed by atoms with E-state index in [0.29, 0.717) is 15.5 Å². The first-order valence-corrected chi connectivity index (χ1v) is 8.09. The predicted octanol–water partition coefficient (Wildman–Crippen LogP) is 5.46. The van der Waals surface area contributed by atoms with Crippen LogP contribution in [0.25, 0.3) is 11.0 Å². The van der Waals surface area contributed by atoms with Crippen LogP contribution in [0.4, 0.5) is 13.2 Å². The van der Waals surface area contributed by atoms with E-state index >= 15 is 0 Å². The van der Waals surface area contributed by atoms with Crippen LogP contribution in [0.15, 0.2) is 35.0 Å². The number of rotatable bonds is 5. The molecule has 2 heterocycles. The number of nitrogens with one attached hydrogen (secondary N) is 1. The minimum absolute atomic E-state index is 0.0687. The molecule has 0 spiro atoms. The Bertz CT molecular complexity index is 970. The molecule has 132 valence electrons. The number of benzene rings is 1. The van der Waals surface area contributed by atoms with Crippen LogP contribution in [0.2, 0.25) is 5.02 Å². The number of H-pyrrole nitrogens is 1. The zero-order chi connectivity index (χ0) is 19.0. The summed E-state index contributed by atoms with van der Waals surface area (Å²) in [6, 6.07) is 3.64. The van der Waals surface area contributed by atoms with Gasteiger partial charge in [0.15, 0.2) is 0 Å². The van der Waals surface area contributed by atoms with Crippen LogP contribution >= 0.6 is 27.5 Å². The van der Waals surface area contributed by atoms with Crippen molar-refractivity contribution in [1.82, 2.24) is 9.97 Å². The van der Waals surface area contributed by atoms with Gasteiger partial charge in [-0.3, -0.25) is 0 Å². The number of pyridine rings is 1. The van der Waals surface area contributed by atoms with E-state index in [1.165, 1.54) is 13.3 Å². The smallest absolute Gasteiger partial charge is 0.387 e. The quantitative estimate of drug-likeness (QED) is 0.578. The summed E-state index contributed by atoms with van der Waals surface area (Å²) in [6.07, 6.45) is 0.328. The summed E-state index contributed by atoms with van der Waals surface area (Å²) < 4.78 is 58.2. The monoisotopic (exact) mass is 435 g/mol. The van der Waals surface area contributed by atoms with Crippen LogP contribution in [-0.2, 0) is 4.74 Å². The van der Waals surface area contributed by atoms with E-state index in [-0.39, 0.29) is 23.0 Å². The second-order valence-corrected chi connectivity index (χ2v) is 6.27. The maximum absolute atomic E-state index is 14.0. The second-order valence-electron chi connectivity index (χ2n) is 4.98. The number of aromatic amines is 1. The molecular formula is C16H11BrClF3N2O2. The molecule has 3 aromatic rings. The van der Waals surface area contributed by atoms with Crippen molar-refractivity contribution >= 4 is 38.6 Å². The van der Waals surface area contributed by atoms with Crippen LogP contribution in [0.5, 0.6) is 5.75 Å². The highest BCUT2D eigenvalue weighted by molar-refractivity contribution is 9.10.